The van der Waals surface area contributed by atoms with Gasteiger partial charge in [-0.05, 0) is 78.6 Å². The molecule has 0 saturated carbocycles. The van der Waals surface area contributed by atoms with E-state index in [1.165, 1.54) is 5.57 Å². The van der Waals surface area contributed by atoms with Crippen LogP contribution in [0.3, 0.4) is 0 Å². The minimum atomic E-state index is -0.292. The van der Waals surface area contributed by atoms with E-state index in [1.807, 2.05) is 0 Å². The lowest BCUT2D eigenvalue weighted by molar-refractivity contribution is -0.145. The van der Waals surface area contributed by atoms with E-state index in [0.29, 0.717) is 32.0 Å². The van der Waals surface area contributed by atoms with E-state index in [9.17, 15) is 9.59 Å². The SMILES string of the molecule is CC1=CCC(C2CCCCCC(C)(C)OCC#CCOC(=O)CC2)OC(C)(C)CCCC(C)CC(=O)OCC1. The number of hydrogen-bond acceptors (Lipinski definition) is 6. The fourth-order valence-corrected chi connectivity index (χ4v) is 5.42. The molecule has 3 atom stereocenters. The molecule has 0 spiro atoms. The first kappa shape index (κ1) is 33.4. The van der Waals surface area contributed by atoms with Crippen LogP contribution < -0.4 is 0 Å². The van der Waals surface area contributed by atoms with Crippen molar-refractivity contribution in [2.75, 3.05) is 19.8 Å². The number of ether oxygens (including phenoxy) is 4. The fourth-order valence-electron chi connectivity index (χ4n) is 5.42. The van der Waals surface area contributed by atoms with Gasteiger partial charge in [0.15, 0.2) is 6.61 Å². The molecule has 0 aliphatic carbocycles. The molecule has 0 amide bonds. The van der Waals surface area contributed by atoms with Crippen molar-refractivity contribution in [3.63, 3.8) is 0 Å². The lowest BCUT2D eigenvalue weighted by Gasteiger charge is -2.36. The minimum absolute atomic E-state index is 0.00583. The maximum absolute atomic E-state index is 12.5. The molecule has 6 heteroatoms. The van der Waals surface area contributed by atoms with Crippen LogP contribution in [-0.2, 0) is 28.5 Å². The highest BCUT2D eigenvalue weighted by Crippen LogP contribution is 2.32. The van der Waals surface area contributed by atoms with E-state index in [2.05, 4.69) is 59.5 Å². The van der Waals surface area contributed by atoms with Crippen LogP contribution in [0.25, 0.3) is 0 Å². The molecule has 0 aromatic rings. The second-order valence-corrected chi connectivity index (χ2v) is 12.8. The van der Waals surface area contributed by atoms with Crippen molar-refractivity contribution in [1.82, 2.24) is 0 Å². The average molecular weight is 547 g/mol. The first-order valence-corrected chi connectivity index (χ1v) is 15.2. The number of carbonyl (C=O) groups is 2. The van der Waals surface area contributed by atoms with Crippen LogP contribution in [0.2, 0.25) is 0 Å². The summed E-state index contributed by atoms with van der Waals surface area (Å²) in [5, 5.41) is 0. The van der Waals surface area contributed by atoms with E-state index in [1.54, 1.807) is 0 Å². The van der Waals surface area contributed by atoms with Crippen molar-refractivity contribution in [2.24, 2.45) is 11.8 Å². The van der Waals surface area contributed by atoms with Crippen LogP contribution in [-0.4, -0.2) is 49.1 Å². The maximum Gasteiger partial charge on any atom is 0.306 e. The summed E-state index contributed by atoms with van der Waals surface area (Å²) in [4.78, 5) is 24.7. The Bertz CT molecular complexity index is 846. The minimum Gasteiger partial charge on any atom is -0.465 e. The molecular formula is C33H54O6. The second kappa shape index (κ2) is 17.1. The van der Waals surface area contributed by atoms with Crippen LogP contribution in [0.15, 0.2) is 11.6 Å². The summed E-state index contributed by atoms with van der Waals surface area (Å²) in [5.41, 5.74) is 0.692. The Labute approximate surface area is 237 Å². The third-order valence-corrected chi connectivity index (χ3v) is 7.98. The van der Waals surface area contributed by atoms with Gasteiger partial charge in [0.05, 0.1) is 23.9 Å². The topological polar surface area (TPSA) is 71.1 Å². The molecule has 0 bridgehead atoms. The molecule has 2 heterocycles. The number of cyclic esters (lactones) is 2. The van der Waals surface area contributed by atoms with Gasteiger partial charge in [-0.25, -0.2) is 0 Å². The molecule has 222 valence electrons. The van der Waals surface area contributed by atoms with Gasteiger partial charge in [-0.1, -0.05) is 62.5 Å². The quantitative estimate of drug-likeness (QED) is 0.195. The Morgan fingerprint density at radius 3 is 2.36 bits per heavy atom. The molecule has 3 unspecified atom stereocenters. The van der Waals surface area contributed by atoms with Crippen molar-refractivity contribution in [1.29, 1.82) is 0 Å². The Kier molecular flexibility index (Phi) is 14.6. The van der Waals surface area contributed by atoms with Crippen molar-refractivity contribution in [3.8, 4) is 11.8 Å². The molecule has 0 fully saturated rings. The lowest BCUT2D eigenvalue weighted by atomic mass is 9.87. The molecular weight excluding hydrogens is 492 g/mol. The first-order valence-electron chi connectivity index (χ1n) is 15.2. The zero-order valence-electron chi connectivity index (χ0n) is 25.6. The second-order valence-electron chi connectivity index (χ2n) is 12.8. The van der Waals surface area contributed by atoms with E-state index in [0.717, 1.165) is 70.6 Å². The third-order valence-electron chi connectivity index (χ3n) is 7.98. The van der Waals surface area contributed by atoms with Gasteiger partial charge in [-0.3, -0.25) is 9.59 Å². The van der Waals surface area contributed by atoms with Crippen molar-refractivity contribution in [2.45, 2.75) is 142 Å². The van der Waals surface area contributed by atoms with Crippen molar-refractivity contribution >= 4 is 11.9 Å². The van der Waals surface area contributed by atoms with Crippen LogP contribution in [0.1, 0.15) is 125 Å². The maximum atomic E-state index is 12.5. The number of hydrogen-bond donors (Lipinski definition) is 0. The van der Waals surface area contributed by atoms with Crippen molar-refractivity contribution in [3.05, 3.63) is 11.6 Å². The van der Waals surface area contributed by atoms with Gasteiger partial charge in [-0.15, -0.1) is 0 Å². The molecule has 0 saturated heterocycles. The van der Waals surface area contributed by atoms with Gasteiger partial charge >= 0.3 is 11.9 Å². The van der Waals surface area contributed by atoms with Gasteiger partial charge < -0.3 is 18.9 Å². The van der Waals surface area contributed by atoms with Crippen LogP contribution in [0, 0.1) is 23.7 Å². The summed E-state index contributed by atoms with van der Waals surface area (Å²) in [7, 11) is 0. The molecule has 2 aliphatic rings. The largest absolute Gasteiger partial charge is 0.465 e. The van der Waals surface area contributed by atoms with Crippen LogP contribution in [0.4, 0.5) is 0 Å². The predicted octanol–water partition coefficient (Wildman–Crippen LogP) is 7.33. The molecule has 2 rings (SSSR count). The third kappa shape index (κ3) is 14.9. The summed E-state index contributed by atoms with van der Waals surface area (Å²) in [6.45, 7) is 13.7. The van der Waals surface area contributed by atoms with Crippen LogP contribution >= 0.6 is 0 Å². The summed E-state index contributed by atoms with van der Waals surface area (Å²) in [5.74, 6) is 6.10. The van der Waals surface area contributed by atoms with Gasteiger partial charge in [0.1, 0.15) is 6.61 Å². The van der Waals surface area contributed by atoms with Crippen LogP contribution in [0.5, 0.6) is 0 Å². The van der Waals surface area contributed by atoms with Gasteiger partial charge in [0.2, 0.25) is 0 Å². The number of carbonyl (C=O) groups excluding carboxylic acids is 2. The highest BCUT2D eigenvalue weighted by Gasteiger charge is 2.30. The standard InChI is InChI=1S/C33H54O6/c1-26-15-17-29(39-33(5,6)21-12-13-27(2)25-31(35)37-24-19-26)28-14-8-7-9-20-32(3,4)38-23-11-10-22-36-30(34)18-16-28/h15,27-29H,7-9,12-14,16-25H2,1-6H3. The number of rotatable bonds is 1. The molecule has 0 radical (unpaired) electrons. The van der Waals surface area contributed by atoms with E-state index in [-0.39, 0.29) is 41.8 Å². The fraction of sp³-hybridized carbons (Fsp3) is 0.818. The highest BCUT2D eigenvalue weighted by atomic mass is 16.5. The molecule has 0 aromatic heterocycles. The summed E-state index contributed by atoms with van der Waals surface area (Å²) in [6.07, 6.45) is 13.5. The van der Waals surface area contributed by atoms with Gasteiger partial charge in [0, 0.05) is 19.3 Å². The number of esters is 2. The zero-order valence-corrected chi connectivity index (χ0v) is 25.6. The summed E-state index contributed by atoms with van der Waals surface area (Å²) in [6, 6.07) is 0. The average Bonchev–Trinajstić information content (AvgIpc) is 2.84. The Morgan fingerprint density at radius 1 is 0.821 bits per heavy atom. The predicted molar refractivity (Wildman–Crippen MR) is 155 cm³/mol. The Morgan fingerprint density at radius 2 is 1.56 bits per heavy atom. The normalized spacial score (nSPS) is 29.3. The molecule has 2 aliphatic heterocycles. The Balaban J connectivity index is 2.20. The van der Waals surface area contributed by atoms with E-state index < -0.39 is 0 Å². The molecule has 39 heavy (non-hydrogen) atoms. The van der Waals surface area contributed by atoms with E-state index >= 15 is 0 Å². The van der Waals surface area contributed by atoms with Gasteiger partial charge in [0.25, 0.3) is 0 Å². The molecule has 0 N–H and O–H groups in total. The summed E-state index contributed by atoms with van der Waals surface area (Å²) >= 11 is 0. The highest BCUT2D eigenvalue weighted by molar-refractivity contribution is 5.69. The smallest absolute Gasteiger partial charge is 0.306 e. The molecule has 0 aromatic carbocycles. The Hall–Kier alpha value is -1.84. The summed E-state index contributed by atoms with van der Waals surface area (Å²) < 4.78 is 23.7. The monoisotopic (exact) mass is 546 g/mol. The molecule has 6 nitrogen and oxygen atoms in total. The van der Waals surface area contributed by atoms with E-state index in [4.69, 9.17) is 18.9 Å². The van der Waals surface area contributed by atoms with Gasteiger partial charge in [-0.2, -0.15) is 0 Å². The van der Waals surface area contributed by atoms with Crippen molar-refractivity contribution < 1.29 is 28.5 Å². The lowest BCUT2D eigenvalue weighted by Crippen LogP contribution is -2.35. The first-order chi connectivity index (χ1) is 18.5. The zero-order chi connectivity index (χ0) is 28.7.